The molecule has 0 spiro atoms. The van der Waals surface area contributed by atoms with Gasteiger partial charge in [0.25, 0.3) is 0 Å². The molecule has 0 aromatic carbocycles. The Labute approximate surface area is 106 Å². The molecule has 16 heavy (non-hydrogen) atoms. The molecule has 0 unspecified atom stereocenters. The minimum Gasteiger partial charge on any atom is -0.461 e. The monoisotopic (exact) mass is 329 g/mol. The molecule has 0 radical (unpaired) electrons. The molecule has 0 heterocycles. The van der Waals surface area contributed by atoms with Gasteiger partial charge in [0.1, 0.15) is 18.2 Å². The molecule has 0 amide bonds. The average molecular weight is 329 g/mol. The van der Waals surface area contributed by atoms with Crippen LogP contribution in [-0.4, -0.2) is 22.8 Å². The summed E-state index contributed by atoms with van der Waals surface area (Å²) < 4.78 is 5.51. The predicted molar refractivity (Wildman–Crippen MR) is 65.8 cm³/mol. The van der Waals surface area contributed by atoms with Crippen LogP contribution in [0.15, 0.2) is 35.5 Å². The lowest BCUT2D eigenvalue weighted by Gasteiger charge is -2.04. The third-order valence-electron chi connectivity index (χ3n) is 1.77. The first-order chi connectivity index (χ1) is 7.69. The van der Waals surface area contributed by atoms with Gasteiger partial charge in [0.05, 0.1) is 0 Å². The van der Waals surface area contributed by atoms with E-state index in [1.54, 1.807) is 6.07 Å². The molecule has 0 saturated heterocycles. The van der Waals surface area contributed by atoms with Gasteiger partial charge in [-0.25, -0.2) is 4.79 Å². The fourth-order valence-corrected chi connectivity index (χ4v) is 1.27. The average Bonchev–Trinajstić information content (AvgIpc) is 2.30. The van der Waals surface area contributed by atoms with Crippen molar-refractivity contribution in [2.24, 2.45) is 0 Å². The third-order valence-corrected chi connectivity index (χ3v) is 2.21. The summed E-state index contributed by atoms with van der Waals surface area (Å²) in [5, 5.41) is 8.85. The standard InChI is InChI=1S/C11H8INO3/c12-5-6-16-11(15)10(7-13)8-1-3-9(14)4-2-8/h1-4H,5-6H2. The molecular weight excluding hydrogens is 321 g/mol. The maximum absolute atomic E-state index is 11.5. The molecule has 0 fully saturated rings. The second kappa shape index (κ2) is 6.23. The Bertz CT molecular complexity index is 423. The van der Waals surface area contributed by atoms with E-state index in [2.05, 4.69) is 22.6 Å². The van der Waals surface area contributed by atoms with Crippen molar-refractivity contribution in [2.45, 2.75) is 0 Å². The Morgan fingerprint density at radius 1 is 1.38 bits per heavy atom. The molecule has 0 atom stereocenters. The van der Waals surface area contributed by atoms with Gasteiger partial charge in [0, 0.05) is 4.43 Å². The summed E-state index contributed by atoms with van der Waals surface area (Å²) in [6.07, 6.45) is 5.48. The smallest absolute Gasteiger partial charge is 0.349 e. The summed E-state index contributed by atoms with van der Waals surface area (Å²) >= 11 is 2.06. The van der Waals surface area contributed by atoms with Crippen LogP contribution in [0.4, 0.5) is 0 Å². The highest BCUT2D eigenvalue weighted by molar-refractivity contribution is 14.1. The molecule has 5 heteroatoms. The van der Waals surface area contributed by atoms with Crippen LogP contribution in [0.2, 0.25) is 0 Å². The van der Waals surface area contributed by atoms with Gasteiger partial charge in [-0.1, -0.05) is 22.6 Å². The summed E-state index contributed by atoms with van der Waals surface area (Å²) in [7, 11) is 0. The normalized spacial score (nSPS) is 13.5. The van der Waals surface area contributed by atoms with Crippen molar-refractivity contribution in [3.8, 4) is 6.07 Å². The number of allylic oxidation sites excluding steroid dienone is 5. The molecule has 0 aliphatic heterocycles. The van der Waals surface area contributed by atoms with Crippen LogP contribution in [-0.2, 0) is 14.3 Å². The van der Waals surface area contributed by atoms with Crippen molar-refractivity contribution in [3.05, 3.63) is 35.5 Å². The fourth-order valence-electron chi connectivity index (χ4n) is 1.05. The van der Waals surface area contributed by atoms with Gasteiger partial charge in [-0.05, 0) is 29.9 Å². The van der Waals surface area contributed by atoms with Crippen LogP contribution >= 0.6 is 22.6 Å². The Balaban J connectivity index is 2.90. The first-order valence-electron chi connectivity index (χ1n) is 4.46. The maximum atomic E-state index is 11.5. The van der Waals surface area contributed by atoms with Gasteiger partial charge >= 0.3 is 5.97 Å². The molecule has 0 aromatic heterocycles. The summed E-state index contributed by atoms with van der Waals surface area (Å²) in [5.41, 5.74) is 0.324. The zero-order chi connectivity index (χ0) is 12.0. The molecule has 0 aromatic rings. The van der Waals surface area contributed by atoms with Gasteiger partial charge in [-0.3, -0.25) is 4.79 Å². The Morgan fingerprint density at radius 2 is 2.00 bits per heavy atom. The zero-order valence-electron chi connectivity index (χ0n) is 8.27. The number of ketones is 1. The number of carbonyl (C=O) groups excluding carboxylic acids is 2. The Hall–Kier alpha value is -1.42. The van der Waals surface area contributed by atoms with E-state index in [0.717, 1.165) is 0 Å². The molecule has 0 N–H and O–H groups in total. The summed E-state index contributed by atoms with van der Waals surface area (Å²) in [5.74, 6) is -0.820. The SMILES string of the molecule is N#CC(C(=O)OCCI)=C1C=CC(=O)C=C1. The van der Waals surface area contributed by atoms with E-state index in [4.69, 9.17) is 10.00 Å². The topological polar surface area (TPSA) is 67.2 Å². The van der Waals surface area contributed by atoms with Crippen molar-refractivity contribution in [3.63, 3.8) is 0 Å². The largest absolute Gasteiger partial charge is 0.461 e. The number of ether oxygens (including phenoxy) is 1. The third kappa shape index (κ3) is 3.31. The van der Waals surface area contributed by atoms with E-state index >= 15 is 0 Å². The fraction of sp³-hybridized carbons (Fsp3) is 0.182. The quantitative estimate of drug-likeness (QED) is 0.259. The van der Waals surface area contributed by atoms with Crippen LogP contribution in [0.25, 0.3) is 0 Å². The number of alkyl halides is 1. The number of esters is 1. The number of halogens is 1. The van der Waals surface area contributed by atoms with Crippen LogP contribution in [0, 0.1) is 11.3 Å². The van der Waals surface area contributed by atoms with E-state index < -0.39 is 5.97 Å². The predicted octanol–water partition coefficient (Wildman–Crippen LogP) is 1.48. The van der Waals surface area contributed by atoms with Gasteiger partial charge in [-0.15, -0.1) is 0 Å². The maximum Gasteiger partial charge on any atom is 0.349 e. The highest BCUT2D eigenvalue weighted by atomic mass is 127. The van der Waals surface area contributed by atoms with Crippen molar-refractivity contribution in [2.75, 3.05) is 11.0 Å². The van der Waals surface area contributed by atoms with Gasteiger partial charge in [0.2, 0.25) is 0 Å². The number of rotatable bonds is 3. The molecular formula is C11H8INO3. The highest BCUT2D eigenvalue weighted by Crippen LogP contribution is 2.13. The van der Waals surface area contributed by atoms with Gasteiger partial charge < -0.3 is 4.74 Å². The number of carbonyl (C=O) groups is 2. The number of nitriles is 1. The lowest BCUT2D eigenvalue weighted by Crippen LogP contribution is -2.10. The molecule has 1 rings (SSSR count). The van der Waals surface area contributed by atoms with E-state index in [9.17, 15) is 9.59 Å². The molecule has 0 bridgehead atoms. The number of hydrogen-bond acceptors (Lipinski definition) is 4. The lowest BCUT2D eigenvalue weighted by atomic mass is 10.0. The molecule has 1 aliphatic carbocycles. The van der Waals surface area contributed by atoms with Crippen LogP contribution in [0.5, 0.6) is 0 Å². The van der Waals surface area contributed by atoms with E-state index in [1.165, 1.54) is 24.3 Å². The Kier molecular flexibility index (Phi) is 4.92. The minimum absolute atomic E-state index is 0.0788. The van der Waals surface area contributed by atoms with Crippen molar-refractivity contribution in [1.29, 1.82) is 5.26 Å². The number of hydrogen-bond donors (Lipinski definition) is 0. The highest BCUT2D eigenvalue weighted by Gasteiger charge is 2.15. The first-order valence-corrected chi connectivity index (χ1v) is 5.99. The lowest BCUT2D eigenvalue weighted by molar-refractivity contribution is -0.137. The molecule has 4 nitrogen and oxygen atoms in total. The summed E-state index contributed by atoms with van der Waals surface area (Å²) in [4.78, 5) is 22.3. The second-order valence-electron chi connectivity index (χ2n) is 2.84. The summed E-state index contributed by atoms with van der Waals surface area (Å²) in [6, 6.07) is 1.78. The van der Waals surface area contributed by atoms with Crippen molar-refractivity contribution >= 4 is 34.3 Å². The molecule has 0 saturated carbocycles. The molecule has 1 aliphatic rings. The van der Waals surface area contributed by atoms with Gasteiger partial charge in [0.15, 0.2) is 5.78 Å². The van der Waals surface area contributed by atoms with E-state index in [-0.39, 0.29) is 18.0 Å². The first kappa shape index (κ1) is 12.6. The van der Waals surface area contributed by atoms with E-state index in [1.807, 2.05) is 0 Å². The van der Waals surface area contributed by atoms with Crippen LogP contribution in [0.1, 0.15) is 0 Å². The molecule has 82 valence electrons. The minimum atomic E-state index is -0.655. The van der Waals surface area contributed by atoms with Crippen molar-refractivity contribution < 1.29 is 14.3 Å². The summed E-state index contributed by atoms with van der Waals surface area (Å²) in [6.45, 7) is 0.268. The van der Waals surface area contributed by atoms with Crippen LogP contribution < -0.4 is 0 Å². The number of nitrogens with zero attached hydrogens (tertiary/aromatic N) is 1. The zero-order valence-corrected chi connectivity index (χ0v) is 10.4. The van der Waals surface area contributed by atoms with E-state index in [0.29, 0.717) is 10.0 Å². The Morgan fingerprint density at radius 3 is 2.50 bits per heavy atom. The van der Waals surface area contributed by atoms with Gasteiger partial charge in [-0.2, -0.15) is 5.26 Å². The van der Waals surface area contributed by atoms with Crippen LogP contribution in [0.3, 0.4) is 0 Å². The van der Waals surface area contributed by atoms with Crippen molar-refractivity contribution in [1.82, 2.24) is 0 Å². The second-order valence-corrected chi connectivity index (χ2v) is 3.91.